The topological polar surface area (TPSA) is 85.7 Å². The molecule has 0 radical (unpaired) electrons. The Kier molecular flexibility index (Phi) is 4.14. The third-order valence-corrected chi connectivity index (χ3v) is 3.36. The van der Waals surface area contributed by atoms with Crippen molar-refractivity contribution in [3.05, 3.63) is 46.2 Å². The van der Waals surface area contributed by atoms with E-state index in [1.54, 1.807) is 36.0 Å². The molecule has 20 heavy (non-hydrogen) atoms. The van der Waals surface area contributed by atoms with Crippen molar-refractivity contribution in [2.24, 2.45) is 17.9 Å². The van der Waals surface area contributed by atoms with Gasteiger partial charge in [0.25, 0.3) is 0 Å². The highest BCUT2D eigenvalue weighted by Gasteiger charge is 2.12. The van der Waals surface area contributed by atoms with Crippen LogP contribution in [0.3, 0.4) is 0 Å². The summed E-state index contributed by atoms with van der Waals surface area (Å²) < 4.78 is 7.27. The quantitative estimate of drug-likeness (QED) is 0.391. The Morgan fingerprint density at radius 2 is 2.30 bits per heavy atom. The van der Waals surface area contributed by atoms with Gasteiger partial charge in [-0.2, -0.15) is 5.10 Å². The highest BCUT2D eigenvalue weighted by molar-refractivity contribution is 6.30. The van der Waals surface area contributed by atoms with E-state index in [1.807, 2.05) is 6.92 Å². The van der Waals surface area contributed by atoms with Gasteiger partial charge in [0.15, 0.2) is 5.84 Å². The second kappa shape index (κ2) is 5.83. The summed E-state index contributed by atoms with van der Waals surface area (Å²) in [6, 6.07) is 6.97. The van der Waals surface area contributed by atoms with Gasteiger partial charge in [-0.05, 0) is 19.1 Å². The number of amidine groups is 1. The molecule has 6 nitrogen and oxygen atoms in total. The molecule has 0 aliphatic rings. The summed E-state index contributed by atoms with van der Waals surface area (Å²) in [5, 5.41) is 16.4. The molecule has 0 saturated carbocycles. The van der Waals surface area contributed by atoms with Crippen LogP contribution in [0.2, 0.25) is 5.15 Å². The zero-order valence-corrected chi connectivity index (χ0v) is 11.9. The van der Waals surface area contributed by atoms with Gasteiger partial charge in [0.1, 0.15) is 17.5 Å². The van der Waals surface area contributed by atoms with Crippen molar-refractivity contribution in [1.29, 1.82) is 0 Å². The molecule has 0 aliphatic carbocycles. The number of halogens is 1. The van der Waals surface area contributed by atoms with Crippen LogP contribution in [0, 0.1) is 6.92 Å². The zero-order valence-electron chi connectivity index (χ0n) is 11.2. The first-order valence-electron chi connectivity index (χ1n) is 5.91. The van der Waals surface area contributed by atoms with Gasteiger partial charge in [0, 0.05) is 18.2 Å². The Balaban J connectivity index is 2.15. The molecule has 1 heterocycles. The molecule has 0 spiro atoms. The second-order valence-electron chi connectivity index (χ2n) is 4.28. The highest BCUT2D eigenvalue weighted by Crippen LogP contribution is 2.21. The Morgan fingerprint density at radius 3 is 2.90 bits per heavy atom. The fourth-order valence-corrected chi connectivity index (χ4v) is 2.03. The smallest absolute Gasteiger partial charge is 0.170 e. The fourth-order valence-electron chi connectivity index (χ4n) is 1.80. The van der Waals surface area contributed by atoms with Gasteiger partial charge in [-0.3, -0.25) is 4.68 Å². The predicted octanol–water partition coefficient (Wildman–Crippen LogP) is 2.06. The number of hydrogen-bond acceptors (Lipinski definition) is 4. The van der Waals surface area contributed by atoms with E-state index in [-0.39, 0.29) is 5.84 Å². The van der Waals surface area contributed by atoms with Gasteiger partial charge < -0.3 is 15.7 Å². The number of oxime groups is 1. The molecule has 0 aliphatic heterocycles. The van der Waals surface area contributed by atoms with E-state index in [0.29, 0.717) is 23.1 Å². The van der Waals surface area contributed by atoms with Crippen LogP contribution >= 0.6 is 11.6 Å². The first-order valence-corrected chi connectivity index (χ1v) is 6.29. The third kappa shape index (κ3) is 2.85. The average molecular weight is 295 g/mol. The monoisotopic (exact) mass is 294 g/mol. The fraction of sp³-hybridized carbons (Fsp3) is 0.231. The molecular weight excluding hydrogens is 280 g/mol. The summed E-state index contributed by atoms with van der Waals surface area (Å²) in [7, 11) is 1.78. The lowest BCUT2D eigenvalue weighted by Crippen LogP contribution is -2.12. The second-order valence-corrected chi connectivity index (χ2v) is 4.64. The molecule has 0 amide bonds. The minimum atomic E-state index is 0.0334. The summed E-state index contributed by atoms with van der Waals surface area (Å²) in [6.07, 6.45) is 0. The highest BCUT2D eigenvalue weighted by atomic mass is 35.5. The van der Waals surface area contributed by atoms with Crippen LogP contribution < -0.4 is 10.5 Å². The molecule has 106 valence electrons. The van der Waals surface area contributed by atoms with Crippen molar-refractivity contribution in [2.75, 3.05) is 0 Å². The lowest BCUT2D eigenvalue weighted by molar-refractivity contribution is 0.305. The van der Waals surface area contributed by atoms with Gasteiger partial charge in [0.05, 0.1) is 5.69 Å². The van der Waals surface area contributed by atoms with Gasteiger partial charge in [-0.25, -0.2) is 0 Å². The van der Waals surface area contributed by atoms with Crippen LogP contribution in [0.25, 0.3) is 0 Å². The lowest BCUT2D eigenvalue weighted by Gasteiger charge is -2.07. The summed E-state index contributed by atoms with van der Waals surface area (Å²) in [4.78, 5) is 0. The van der Waals surface area contributed by atoms with Crippen molar-refractivity contribution in [2.45, 2.75) is 13.5 Å². The molecule has 0 saturated heterocycles. The molecule has 0 atom stereocenters. The SMILES string of the molecule is Cc1nn(C)c(Cl)c1COc1cccc(/C(N)=N/O)c1. The van der Waals surface area contributed by atoms with Gasteiger partial charge in [0.2, 0.25) is 0 Å². The van der Waals surface area contributed by atoms with E-state index in [1.165, 1.54) is 0 Å². The number of nitrogens with two attached hydrogens (primary N) is 1. The first-order chi connectivity index (χ1) is 9.52. The Labute approximate surface area is 121 Å². The van der Waals surface area contributed by atoms with E-state index in [2.05, 4.69) is 10.3 Å². The maximum absolute atomic E-state index is 8.66. The van der Waals surface area contributed by atoms with Gasteiger partial charge in [-0.1, -0.05) is 28.9 Å². The molecule has 0 bridgehead atoms. The molecule has 1 aromatic heterocycles. The molecule has 1 aromatic carbocycles. The molecule has 0 fully saturated rings. The number of benzene rings is 1. The van der Waals surface area contributed by atoms with E-state index >= 15 is 0 Å². The summed E-state index contributed by atoms with van der Waals surface area (Å²) in [5.41, 5.74) is 7.78. The van der Waals surface area contributed by atoms with Crippen LogP contribution in [-0.2, 0) is 13.7 Å². The normalized spacial score (nSPS) is 11.7. The maximum Gasteiger partial charge on any atom is 0.170 e. The molecule has 0 unspecified atom stereocenters. The van der Waals surface area contributed by atoms with Gasteiger partial charge in [-0.15, -0.1) is 0 Å². The largest absolute Gasteiger partial charge is 0.489 e. The molecule has 7 heteroatoms. The number of nitrogens with zero attached hydrogens (tertiary/aromatic N) is 3. The maximum atomic E-state index is 8.66. The average Bonchev–Trinajstić information content (AvgIpc) is 2.69. The Bertz CT molecular complexity index is 652. The van der Waals surface area contributed by atoms with Crippen LogP contribution in [0.5, 0.6) is 5.75 Å². The Hall–Kier alpha value is -2.21. The predicted molar refractivity (Wildman–Crippen MR) is 76.2 cm³/mol. The minimum absolute atomic E-state index is 0.0334. The van der Waals surface area contributed by atoms with Crippen LogP contribution in [0.4, 0.5) is 0 Å². The van der Waals surface area contributed by atoms with Crippen LogP contribution in [0.15, 0.2) is 29.4 Å². The third-order valence-electron chi connectivity index (χ3n) is 2.89. The lowest BCUT2D eigenvalue weighted by atomic mass is 10.2. The van der Waals surface area contributed by atoms with Crippen molar-refractivity contribution < 1.29 is 9.94 Å². The van der Waals surface area contributed by atoms with Gasteiger partial charge >= 0.3 is 0 Å². The van der Waals surface area contributed by atoms with E-state index in [4.69, 9.17) is 27.3 Å². The number of aryl methyl sites for hydroxylation is 2. The van der Waals surface area contributed by atoms with E-state index < -0.39 is 0 Å². The van der Waals surface area contributed by atoms with Crippen LogP contribution in [-0.4, -0.2) is 20.8 Å². The number of aromatic nitrogens is 2. The number of ether oxygens (including phenoxy) is 1. The standard InChI is InChI=1S/C13H15ClN4O2/c1-8-11(12(14)18(2)16-8)7-20-10-5-3-4-9(6-10)13(15)17-19/h3-6,19H,7H2,1-2H3,(H2,15,17). The minimum Gasteiger partial charge on any atom is -0.489 e. The van der Waals surface area contributed by atoms with E-state index in [0.717, 1.165) is 11.3 Å². The Morgan fingerprint density at radius 1 is 1.55 bits per heavy atom. The molecule has 3 N–H and O–H groups in total. The molecular formula is C13H15ClN4O2. The number of rotatable bonds is 4. The zero-order chi connectivity index (χ0) is 14.7. The summed E-state index contributed by atoms with van der Waals surface area (Å²) in [5.74, 6) is 0.638. The van der Waals surface area contributed by atoms with E-state index in [9.17, 15) is 0 Å². The van der Waals surface area contributed by atoms with Crippen molar-refractivity contribution >= 4 is 17.4 Å². The van der Waals surface area contributed by atoms with Crippen molar-refractivity contribution in [3.63, 3.8) is 0 Å². The molecule has 2 rings (SSSR count). The first kappa shape index (κ1) is 14.2. The van der Waals surface area contributed by atoms with Crippen molar-refractivity contribution in [1.82, 2.24) is 9.78 Å². The molecule has 2 aromatic rings. The summed E-state index contributed by atoms with van der Waals surface area (Å²) >= 11 is 6.13. The van der Waals surface area contributed by atoms with Crippen molar-refractivity contribution in [3.8, 4) is 5.75 Å². The number of hydrogen-bond donors (Lipinski definition) is 2. The summed E-state index contributed by atoms with van der Waals surface area (Å²) in [6.45, 7) is 2.18. The van der Waals surface area contributed by atoms with Crippen LogP contribution in [0.1, 0.15) is 16.8 Å².